The number of ketones is 1. The van der Waals surface area contributed by atoms with Crippen LogP contribution in [-0.4, -0.2) is 30.3 Å². The average molecular weight is 226 g/mol. The van der Waals surface area contributed by atoms with E-state index in [1.165, 1.54) is 7.11 Å². The number of aliphatic hydroxyl groups is 1. The van der Waals surface area contributed by atoms with Gasteiger partial charge >= 0.3 is 5.97 Å². The molecule has 2 rings (SSSR count). The van der Waals surface area contributed by atoms with Crippen molar-refractivity contribution >= 4 is 11.8 Å². The quantitative estimate of drug-likeness (QED) is 0.648. The van der Waals surface area contributed by atoms with E-state index >= 15 is 0 Å². The van der Waals surface area contributed by atoms with Crippen LogP contribution >= 0.6 is 0 Å². The molecule has 88 valence electrons. The Kier molecular flexibility index (Phi) is 2.71. The number of methoxy groups -OCH3 is 1. The van der Waals surface area contributed by atoms with E-state index in [4.69, 9.17) is 4.74 Å². The number of esters is 1. The van der Waals surface area contributed by atoms with Crippen molar-refractivity contribution in [2.75, 3.05) is 7.11 Å². The fraction of sp³-hybridized carbons (Fsp3) is 0.636. The predicted octanol–water partition coefficient (Wildman–Crippen LogP) is 0.233. The van der Waals surface area contributed by atoms with E-state index in [2.05, 4.69) is 4.74 Å². The molecule has 2 aliphatic rings. The fourth-order valence-electron chi connectivity index (χ4n) is 2.55. The largest absolute Gasteiger partial charge is 0.472 e. The second kappa shape index (κ2) is 3.90. The van der Waals surface area contributed by atoms with Crippen LogP contribution in [0.2, 0.25) is 0 Å². The van der Waals surface area contributed by atoms with Crippen LogP contribution < -0.4 is 0 Å². The number of rotatable bonds is 1. The van der Waals surface area contributed by atoms with Gasteiger partial charge in [-0.2, -0.15) is 0 Å². The molecule has 1 unspecified atom stereocenters. The molecule has 1 saturated carbocycles. The van der Waals surface area contributed by atoms with Crippen LogP contribution in [0.5, 0.6) is 0 Å². The van der Waals surface area contributed by atoms with E-state index < -0.39 is 18.2 Å². The van der Waals surface area contributed by atoms with Crippen molar-refractivity contribution in [1.82, 2.24) is 0 Å². The number of aliphatic hydroxyl groups excluding tert-OH is 1. The molecule has 0 aromatic heterocycles. The van der Waals surface area contributed by atoms with Crippen LogP contribution in [0.3, 0.4) is 0 Å². The average Bonchev–Trinajstić information content (AvgIpc) is 2.55. The van der Waals surface area contributed by atoms with Crippen molar-refractivity contribution in [3.05, 3.63) is 11.8 Å². The van der Waals surface area contributed by atoms with Gasteiger partial charge in [0.25, 0.3) is 0 Å². The lowest BCUT2D eigenvalue weighted by molar-refractivity contribution is -0.148. The second-order valence-electron chi connectivity index (χ2n) is 4.29. The first-order chi connectivity index (χ1) is 7.56. The minimum atomic E-state index is -1.01. The van der Waals surface area contributed by atoms with E-state index in [-0.39, 0.29) is 23.2 Å². The molecule has 0 amide bonds. The molecule has 1 aliphatic heterocycles. The van der Waals surface area contributed by atoms with Crippen LogP contribution in [0.15, 0.2) is 11.8 Å². The van der Waals surface area contributed by atoms with Gasteiger partial charge in [0.2, 0.25) is 6.29 Å². The Morgan fingerprint density at radius 3 is 2.94 bits per heavy atom. The molecule has 0 spiro atoms. The number of carbonyl (C=O) groups excluding carboxylic acids is 2. The molecule has 1 N–H and O–H groups in total. The highest BCUT2D eigenvalue weighted by atomic mass is 16.6. The lowest BCUT2D eigenvalue weighted by Gasteiger charge is -2.30. The molecule has 4 atom stereocenters. The molecule has 0 radical (unpaired) electrons. The van der Waals surface area contributed by atoms with Crippen molar-refractivity contribution in [3.8, 4) is 0 Å². The SMILES string of the molecule is COC(=O)C1=COC(O)[C@H]2[C@@H]1C(=O)C[C@@H]2C. The number of ether oxygens (including phenoxy) is 2. The summed E-state index contributed by atoms with van der Waals surface area (Å²) in [7, 11) is 1.26. The normalized spacial score (nSPS) is 37.4. The number of Topliss-reactive ketones (excluding diaryl/α,β-unsaturated/α-hetero) is 1. The summed E-state index contributed by atoms with van der Waals surface area (Å²) in [4.78, 5) is 23.2. The van der Waals surface area contributed by atoms with Gasteiger partial charge in [-0.25, -0.2) is 4.79 Å². The number of fused-ring (bicyclic) bond motifs is 1. The first-order valence-electron chi connectivity index (χ1n) is 5.21. The summed E-state index contributed by atoms with van der Waals surface area (Å²) >= 11 is 0. The van der Waals surface area contributed by atoms with E-state index in [0.29, 0.717) is 6.42 Å². The van der Waals surface area contributed by atoms with Gasteiger partial charge in [0.05, 0.1) is 24.9 Å². The summed E-state index contributed by atoms with van der Waals surface area (Å²) in [6, 6.07) is 0. The van der Waals surface area contributed by atoms with Crippen molar-refractivity contribution < 1.29 is 24.2 Å². The molecule has 5 nitrogen and oxygen atoms in total. The zero-order valence-corrected chi connectivity index (χ0v) is 9.17. The molecule has 16 heavy (non-hydrogen) atoms. The van der Waals surface area contributed by atoms with Crippen molar-refractivity contribution in [2.45, 2.75) is 19.6 Å². The smallest absolute Gasteiger partial charge is 0.337 e. The maximum atomic E-state index is 11.8. The summed E-state index contributed by atoms with van der Waals surface area (Å²) in [5.74, 6) is -1.50. The molecule has 0 bridgehead atoms. The van der Waals surface area contributed by atoms with Gasteiger partial charge in [-0.05, 0) is 5.92 Å². The Bertz CT molecular complexity index is 359. The molecule has 0 aromatic carbocycles. The third-order valence-electron chi connectivity index (χ3n) is 3.33. The highest BCUT2D eigenvalue weighted by Gasteiger charge is 2.50. The number of hydrogen-bond donors (Lipinski definition) is 1. The van der Waals surface area contributed by atoms with Gasteiger partial charge in [-0.3, -0.25) is 4.79 Å². The second-order valence-corrected chi connectivity index (χ2v) is 4.29. The number of carbonyl (C=O) groups is 2. The Hall–Kier alpha value is -1.36. The molecule has 1 heterocycles. The van der Waals surface area contributed by atoms with Gasteiger partial charge in [0, 0.05) is 12.3 Å². The standard InChI is InChI=1S/C11H14O5/c1-5-3-7(12)9-6(10(13)15-2)4-16-11(14)8(5)9/h4-5,8-9,11,14H,3H2,1-2H3/t5-,8+,9-,11?/m0/s1. The molecule has 5 heteroatoms. The maximum Gasteiger partial charge on any atom is 0.337 e. The van der Waals surface area contributed by atoms with Gasteiger partial charge in [0.15, 0.2) is 0 Å². The Morgan fingerprint density at radius 2 is 2.31 bits per heavy atom. The molecular formula is C11H14O5. The molecule has 0 saturated heterocycles. The summed E-state index contributed by atoms with van der Waals surface area (Å²) in [6.45, 7) is 1.87. The Labute approximate surface area is 93.0 Å². The van der Waals surface area contributed by atoms with Crippen LogP contribution in [-0.2, 0) is 19.1 Å². The fourth-order valence-corrected chi connectivity index (χ4v) is 2.55. The van der Waals surface area contributed by atoms with E-state index in [0.717, 1.165) is 6.26 Å². The van der Waals surface area contributed by atoms with Gasteiger partial charge < -0.3 is 14.6 Å². The predicted molar refractivity (Wildman–Crippen MR) is 53.0 cm³/mol. The summed E-state index contributed by atoms with van der Waals surface area (Å²) in [5, 5.41) is 9.67. The molecular weight excluding hydrogens is 212 g/mol. The van der Waals surface area contributed by atoms with Crippen molar-refractivity contribution in [2.24, 2.45) is 17.8 Å². The first kappa shape index (κ1) is 11.1. The highest BCUT2D eigenvalue weighted by molar-refractivity contribution is 5.99. The summed E-state index contributed by atoms with van der Waals surface area (Å²) < 4.78 is 9.58. The van der Waals surface area contributed by atoms with Gasteiger partial charge in [-0.15, -0.1) is 0 Å². The molecule has 1 fully saturated rings. The third kappa shape index (κ3) is 1.51. The topological polar surface area (TPSA) is 72.8 Å². The lowest BCUT2D eigenvalue weighted by Crippen LogP contribution is -2.37. The Balaban J connectivity index is 2.35. The molecule has 1 aliphatic carbocycles. The van der Waals surface area contributed by atoms with Crippen LogP contribution in [0.25, 0.3) is 0 Å². The van der Waals surface area contributed by atoms with Crippen LogP contribution in [0, 0.1) is 17.8 Å². The van der Waals surface area contributed by atoms with Gasteiger partial charge in [-0.1, -0.05) is 6.92 Å². The van der Waals surface area contributed by atoms with Gasteiger partial charge in [0.1, 0.15) is 5.78 Å². The third-order valence-corrected chi connectivity index (χ3v) is 3.33. The van der Waals surface area contributed by atoms with E-state index in [9.17, 15) is 14.7 Å². The summed E-state index contributed by atoms with van der Waals surface area (Å²) in [6.07, 6.45) is 0.498. The van der Waals surface area contributed by atoms with Crippen molar-refractivity contribution in [1.29, 1.82) is 0 Å². The minimum absolute atomic E-state index is 0.0147. The Morgan fingerprint density at radius 1 is 1.62 bits per heavy atom. The number of hydrogen-bond acceptors (Lipinski definition) is 5. The zero-order valence-electron chi connectivity index (χ0n) is 9.17. The first-order valence-corrected chi connectivity index (χ1v) is 5.21. The van der Waals surface area contributed by atoms with Crippen LogP contribution in [0.1, 0.15) is 13.3 Å². The zero-order chi connectivity index (χ0) is 11.9. The lowest BCUT2D eigenvalue weighted by atomic mass is 9.83. The maximum absolute atomic E-state index is 11.8. The van der Waals surface area contributed by atoms with E-state index in [1.807, 2.05) is 6.92 Å². The van der Waals surface area contributed by atoms with Crippen LogP contribution in [0.4, 0.5) is 0 Å². The minimum Gasteiger partial charge on any atom is -0.472 e. The highest BCUT2D eigenvalue weighted by Crippen LogP contribution is 2.43. The summed E-state index contributed by atoms with van der Waals surface area (Å²) in [5.41, 5.74) is 0.215. The van der Waals surface area contributed by atoms with E-state index in [1.54, 1.807) is 0 Å². The monoisotopic (exact) mass is 226 g/mol. The molecule has 0 aromatic rings. The van der Waals surface area contributed by atoms with Crippen molar-refractivity contribution in [3.63, 3.8) is 0 Å².